The van der Waals surface area contributed by atoms with Crippen LogP contribution >= 0.6 is 0 Å². The minimum atomic E-state index is -4.98. The molecule has 0 N–H and O–H groups in total. The summed E-state index contributed by atoms with van der Waals surface area (Å²) in [5, 5.41) is 0. The molecule has 2 aromatic rings. The normalized spacial score (nSPS) is 12.4. The Morgan fingerprint density at radius 3 is 1.83 bits per heavy atom. The van der Waals surface area contributed by atoms with Crippen molar-refractivity contribution in [2.75, 3.05) is 11.9 Å². The highest BCUT2D eigenvalue weighted by Gasteiger charge is 2.40. The van der Waals surface area contributed by atoms with Gasteiger partial charge in [0.2, 0.25) is 0 Å². The van der Waals surface area contributed by atoms with Gasteiger partial charge in [-0.2, -0.15) is 26.3 Å². The standard InChI is InChI=1S/C16H12F7N/c1-9-7-10(15(18,19)20)8-13(16(21,22)23)14(9)24(2)12-5-3-11(17)4-6-12/h3-8H,1-2H3. The van der Waals surface area contributed by atoms with Gasteiger partial charge in [0.1, 0.15) is 5.82 Å². The Bertz CT molecular complexity index is 730. The lowest BCUT2D eigenvalue weighted by Gasteiger charge is -2.27. The Labute approximate surface area is 133 Å². The number of rotatable bonds is 2. The van der Waals surface area contributed by atoms with Crippen LogP contribution in [0, 0.1) is 12.7 Å². The summed E-state index contributed by atoms with van der Waals surface area (Å²) < 4.78 is 91.2. The highest BCUT2D eigenvalue weighted by molar-refractivity contribution is 5.70. The second-order valence-electron chi connectivity index (χ2n) is 5.22. The smallest absolute Gasteiger partial charge is 0.344 e. The first-order valence-electron chi connectivity index (χ1n) is 6.69. The number of aryl methyl sites for hydroxylation is 1. The minimum absolute atomic E-state index is 0.0857. The van der Waals surface area contributed by atoms with Gasteiger partial charge in [0.15, 0.2) is 0 Å². The van der Waals surface area contributed by atoms with Gasteiger partial charge in [-0.1, -0.05) is 0 Å². The molecule has 0 radical (unpaired) electrons. The van der Waals surface area contributed by atoms with E-state index >= 15 is 0 Å². The van der Waals surface area contributed by atoms with Crippen LogP contribution in [0.3, 0.4) is 0 Å². The third-order valence-corrected chi connectivity index (χ3v) is 3.48. The average Bonchev–Trinajstić information content (AvgIpc) is 2.44. The van der Waals surface area contributed by atoms with Gasteiger partial charge in [0, 0.05) is 12.7 Å². The second kappa shape index (κ2) is 5.99. The number of anilines is 2. The monoisotopic (exact) mass is 351 g/mol. The van der Waals surface area contributed by atoms with Crippen LogP contribution in [0.5, 0.6) is 0 Å². The summed E-state index contributed by atoms with van der Waals surface area (Å²) >= 11 is 0. The van der Waals surface area contributed by atoms with Crippen molar-refractivity contribution in [3.8, 4) is 0 Å². The van der Waals surface area contributed by atoms with E-state index in [1.165, 1.54) is 26.1 Å². The van der Waals surface area contributed by atoms with Crippen LogP contribution in [0.15, 0.2) is 36.4 Å². The summed E-state index contributed by atoms with van der Waals surface area (Å²) in [5.41, 5.74) is -3.17. The quantitative estimate of drug-likeness (QED) is 0.605. The lowest BCUT2D eigenvalue weighted by atomic mass is 10.0. The third kappa shape index (κ3) is 3.63. The van der Waals surface area contributed by atoms with E-state index in [9.17, 15) is 30.7 Å². The van der Waals surface area contributed by atoms with Gasteiger partial charge in [0.05, 0.1) is 16.8 Å². The van der Waals surface area contributed by atoms with Crippen LogP contribution in [-0.2, 0) is 12.4 Å². The summed E-state index contributed by atoms with van der Waals surface area (Å²) in [4.78, 5) is 1.08. The van der Waals surface area contributed by atoms with Gasteiger partial charge in [-0.3, -0.25) is 0 Å². The molecule has 0 aromatic heterocycles. The van der Waals surface area contributed by atoms with Gasteiger partial charge >= 0.3 is 12.4 Å². The Kier molecular flexibility index (Phi) is 4.52. The van der Waals surface area contributed by atoms with Crippen LogP contribution in [0.1, 0.15) is 16.7 Å². The zero-order valence-corrected chi connectivity index (χ0v) is 12.6. The number of benzene rings is 2. The molecule has 2 aromatic carbocycles. The van der Waals surface area contributed by atoms with Gasteiger partial charge in [0.25, 0.3) is 0 Å². The number of hydrogen-bond donors (Lipinski definition) is 0. The van der Waals surface area contributed by atoms with Crippen molar-refractivity contribution >= 4 is 11.4 Å². The Balaban J connectivity index is 2.66. The van der Waals surface area contributed by atoms with Crippen LogP contribution < -0.4 is 4.90 Å². The molecule has 0 heterocycles. The molecule has 0 atom stereocenters. The van der Waals surface area contributed by atoms with E-state index in [0.717, 1.165) is 17.0 Å². The predicted molar refractivity (Wildman–Crippen MR) is 75.6 cm³/mol. The van der Waals surface area contributed by atoms with E-state index in [2.05, 4.69) is 0 Å². The molecule has 2 rings (SSSR count). The SMILES string of the molecule is Cc1cc(C(F)(F)F)cc(C(F)(F)F)c1N(C)c1ccc(F)cc1. The minimum Gasteiger partial charge on any atom is -0.344 e. The summed E-state index contributed by atoms with van der Waals surface area (Å²) in [6.45, 7) is 1.17. The Hall–Kier alpha value is -2.25. The first-order valence-corrected chi connectivity index (χ1v) is 6.69. The van der Waals surface area contributed by atoms with E-state index in [-0.39, 0.29) is 17.3 Å². The molecule has 0 saturated heterocycles. The van der Waals surface area contributed by atoms with Gasteiger partial charge < -0.3 is 4.90 Å². The van der Waals surface area contributed by atoms with Crippen molar-refractivity contribution < 1.29 is 30.7 Å². The zero-order chi connectivity index (χ0) is 18.3. The summed E-state index contributed by atoms with van der Waals surface area (Å²) in [6.07, 6.45) is -9.87. The first kappa shape index (κ1) is 18.1. The summed E-state index contributed by atoms with van der Waals surface area (Å²) in [5.74, 6) is -0.577. The first-order chi connectivity index (χ1) is 10.9. The molecule has 0 spiro atoms. The van der Waals surface area contributed by atoms with E-state index in [0.29, 0.717) is 6.07 Å². The molecule has 0 aliphatic rings. The second-order valence-corrected chi connectivity index (χ2v) is 5.22. The number of halogens is 7. The maximum Gasteiger partial charge on any atom is 0.418 e. The number of hydrogen-bond acceptors (Lipinski definition) is 1. The molecule has 130 valence electrons. The van der Waals surface area contributed by atoms with Gasteiger partial charge in [-0.25, -0.2) is 4.39 Å². The molecule has 24 heavy (non-hydrogen) atoms. The third-order valence-electron chi connectivity index (χ3n) is 3.48. The van der Waals surface area contributed by atoms with E-state index in [1.54, 1.807) is 0 Å². The highest BCUT2D eigenvalue weighted by Crippen LogP contribution is 2.43. The molecule has 0 aliphatic heterocycles. The van der Waals surface area contributed by atoms with Crippen molar-refractivity contribution in [2.45, 2.75) is 19.3 Å². The fourth-order valence-electron chi connectivity index (χ4n) is 2.40. The Morgan fingerprint density at radius 2 is 1.38 bits per heavy atom. The molecule has 0 fully saturated rings. The fraction of sp³-hybridized carbons (Fsp3) is 0.250. The van der Waals surface area contributed by atoms with Crippen LogP contribution in [0.2, 0.25) is 0 Å². The van der Waals surface area contributed by atoms with Crippen LogP contribution in [0.25, 0.3) is 0 Å². The van der Waals surface area contributed by atoms with Crippen LogP contribution in [-0.4, -0.2) is 7.05 Å². The lowest BCUT2D eigenvalue weighted by Crippen LogP contribution is -2.20. The summed E-state index contributed by atoms with van der Waals surface area (Å²) in [6, 6.07) is 5.34. The predicted octanol–water partition coefficient (Wildman–Crippen LogP) is 5.94. The molecule has 0 aliphatic carbocycles. The van der Waals surface area contributed by atoms with Crippen molar-refractivity contribution in [1.29, 1.82) is 0 Å². The van der Waals surface area contributed by atoms with Crippen LogP contribution in [0.4, 0.5) is 42.1 Å². The zero-order valence-electron chi connectivity index (χ0n) is 12.6. The number of nitrogens with zero attached hydrogens (tertiary/aromatic N) is 1. The van der Waals surface area contributed by atoms with Crippen molar-refractivity contribution in [1.82, 2.24) is 0 Å². The summed E-state index contributed by atoms with van der Waals surface area (Å²) in [7, 11) is 1.28. The van der Waals surface area contributed by atoms with E-state index in [4.69, 9.17) is 0 Å². The van der Waals surface area contributed by atoms with Gasteiger partial charge in [-0.05, 0) is 48.9 Å². The Morgan fingerprint density at radius 1 is 0.833 bits per heavy atom. The highest BCUT2D eigenvalue weighted by atomic mass is 19.4. The molecule has 0 saturated carbocycles. The van der Waals surface area contributed by atoms with Crippen molar-refractivity contribution in [3.63, 3.8) is 0 Å². The fourth-order valence-corrected chi connectivity index (χ4v) is 2.40. The molecule has 1 nitrogen and oxygen atoms in total. The molecule has 0 bridgehead atoms. The van der Waals surface area contributed by atoms with Crippen molar-refractivity contribution in [2.24, 2.45) is 0 Å². The lowest BCUT2D eigenvalue weighted by molar-refractivity contribution is -0.142. The molecule has 0 amide bonds. The largest absolute Gasteiger partial charge is 0.418 e. The topological polar surface area (TPSA) is 3.24 Å². The molecule has 0 unspecified atom stereocenters. The molecular formula is C16H12F7N. The maximum absolute atomic E-state index is 13.3. The number of alkyl halides is 6. The van der Waals surface area contributed by atoms with E-state index in [1.807, 2.05) is 0 Å². The average molecular weight is 351 g/mol. The maximum atomic E-state index is 13.3. The molecule has 8 heteroatoms. The van der Waals surface area contributed by atoms with Gasteiger partial charge in [-0.15, -0.1) is 0 Å². The molecular weight excluding hydrogens is 339 g/mol. The van der Waals surface area contributed by atoms with Crippen molar-refractivity contribution in [3.05, 3.63) is 58.9 Å². The van der Waals surface area contributed by atoms with E-state index < -0.39 is 35.0 Å².